The van der Waals surface area contributed by atoms with Crippen LogP contribution in [-0.2, 0) is 30.2 Å². The Labute approximate surface area is 135 Å². The molecule has 0 aliphatic rings. The molecule has 0 spiro atoms. The molecule has 0 saturated carbocycles. The largest absolute Gasteiger partial charge is 0.493 e. The topological polar surface area (TPSA) is 84.2 Å². The van der Waals surface area contributed by atoms with Crippen molar-refractivity contribution in [3.05, 3.63) is 29.5 Å². The van der Waals surface area contributed by atoms with Crippen molar-refractivity contribution in [2.75, 3.05) is 34.2 Å². The Morgan fingerprint density at radius 3 is 2.43 bits per heavy atom. The summed E-state index contributed by atoms with van der Waals surface area (Å²) in [5.41, 5.74) is 1.31. The van der Waals surface area contributed by atoms with Crippen molar-refractivity contribution < 1.29 is 31.2 Å². The Morgan fingerprint density at radius 2 is 1.87 bits per heavy atom. The van der Waals surface area contributed by atoms with E-state index in [2.05, 4.69) is 0 Å². The summed E-state index contributed by atoms with van der Waals surface area (Å²) in [6.45, 7) is -0.00216. The van der Waals surface area contributed by atoms with E-state index >= 15 is 0 Å². The molecule has 0 N–H and O–H groups in total. The summed E-state index contributed by atoms with van der Waals surface area (Å²) in [7, 11) is 1.03. The number of furan rings is 1. The number of fused-ring (bicyclic) bond motifs is 1. The highest BCUT2D eigenvalue weighted by Crippen LogP contribution is 2.36. The first-order valence-electron chi connectivity index (χ1n) is 6.89. The van der Waals surface area contributed by atoms with Gasteiger partial charge in [0.2, 0.25) is 6.29 Å². The van der Waals surface area contributed by atoms with E-state index in [4.69, 9.17) is 22.8 Å². The molecular formula is C15H20O7S. The third kappa shape index (κ3) is 4.03. The molecule has 2 aromatic rings. The van der Waals surface area contributed by atoms with Crippen molar-refractivity contribution in [3.63, 3.8) is 0 Å². The molecular weight excluding hydrogens is 324 g/mol. The second kappa shape index (κ2) is 7.31. The standard InChI is InChI=1S/C15H20O7S/c1-18-12-7-5-6-10-11(8-9-21-23(4,16)17)14(22-13(10)12)15(19-2)20-3/h5-7,15H,8-9H2,1-4H3. The van der Waals surface area contributed by atoms with Crippen molar-refractivity contribution in [3.8, 4) is 5.75 Å². The Bertz CT molecular complexity index is 759. The van der Waals surface area contributed by atoms with Gasteiger partial charge in [0.1, 0.15) is 0 Å². The zero-order valence-corrected chi connectivity index (χ0v) is 14.3. The van der Waals surface area contributed by atoms with Crippen molar-refractivity contribution in [1.82, 2.24) is 0 Å². The van der Waals surface area contributed by atoms with Crippen LogP contribution in [0.3, 0.4) is 0 Å². The lowest BCUT2D eigenvalue weighted by atomic mass is 10.1. The molecule has 0 atom stereocenters. The second-order valence-electron chi connectivity index (χ2n) is 4.86. The molecule has 2 rings (SSSR count). The summed E-state index contributed by atoms with van der Waals surface area (Å²) >= 11 is 0. The number of para-hydroxylation sites is 1. The van der Waals surface area contributed by atoms with Crippen LogP contribution < -0.4 is 4.74 Å². The normalized spacial score (nSPS) is 12.2. The molecule has 0 aliphatic heterocycles. The van der Waals surface area contributed by atoms with E-state index in [1.165, 1.54) is 14.2 Å². The molecule has 23 heavy (non-hydrogen) atoms. The molecule has 1 heterocycles. The number of methoxy groups -OCH3 is 3. The molecule has 0 fully saturated rings. The summed E-state index contributed by atoms with van der Waals surface area (Å²) in [6.07, 6.45) is 0.629. The molecule has 0 aliphatic carbocycles. The first kappa shape index (κ1) is 17.7. The van der Waals surface area contributed by atoms with Crippen molar-refractivity contribution in [2.24, 2.45) is 0 Å². The highest BCUT2D eigenvalue weighted by Gasteiger charge is 2.24. The zero-order chi connectivity index (χ0) is 17.0. The van der Waals surface area contributed by atoms with Crippen LogP contribution in [0.4, 0.5) is 0 Å². The van der Waals surface area contributed by atoms with Crippen LogP contribution in [0.1, 0.15) is 17.6 Å². The Morgan fingerprint density at radius 1 is 1.17 bits per heavy atom. The zero-order valence-electron chi connectivity index (χ0n) is 13.5. The van der Waals surface area contributed by atoms with Crippen LogP contribution in [0.25, 0.3) is 11.0 Å². The highest BCUT2D eigenvalue weighted by molar-refractivity contribution is 7.85. The lowest BCUT2D eigenvalue weighted by Gasteiger charge is -2.12. The fraction of sp³-hybridized carbons (Fsp3) is 0.467. The van der Waals surface area contributed by atoms with E-state index < -0.39 is 16.4 Å². The summed E-state index contributed by atoms with van der Waals surface area (Å²) < 4.78 is 48.8. The van der Waals surface area contributed by atoms with Gasteiger partial charge in [0, 0.05) is 31.6 Å². The van der Waals surface area contributed by atoms with Crippen LogP contribution in [-0.4, -0.2) is 42.6 Å². The van der Waals surface area contributed by atoms with E-state index in [9.17, 15) is 8.42 Å². The van der Waals surface area contributed by atoms with Crippen LogP contribution >= 0.6 is 0 Å². The van der Waals surface area contributed by atoms with Gasteiger partial charge < -0.3 is 18.6 Å². The smallest absolute Gasteiger partial charge is 0.264 e. The number of hydrogen-bond acceptors (Lipinski definition) is 7. The van der Waals surface area contributed by atoms with E-state index in [-0.39, 0.29) is 6.61 Å². The minimum atomic E-state index is -3.51. The molecule has 0 unspecified atom stereocenters. The summed E-state index contributed by atoms with van der Waals surface area (Å²) in [4.78, 5) is 0. The third-order valence-corrected chi connectivity index (χ3v) is 3.92. The van der Waals surface area contributed by atoms with E-state index in [1.807, 2.05) is 12.1 Å². The lowest BCUT2D eigenvalue weighted by Crippen LogP contribution is -2.09. The molecule has 128 valence electrons. The van der Waals surface area contributed by atoms with Gasteiger partial charge in [-0.1, -0.05) is 12.1 Å². The molecule has 7 nitrogen and oxygen atoms in total. The number of benzene rings is 1. The van der Waals surface area contributed by atoms with Crippen LogP contribution in [0.5, 0.6) is 5.75 Å². The average Bonchev–Trinajstić information content (AvgIpc) is 2.86. The van der Waals surface area contributed by atoms with E-state index in [0.29, 0.717) is 23.5 Å². The average molecular weight is 344 g/mol. The monoisotopic (exact) mass is 344 g/mol. The third-order valence-electron chi connectivity index (χ3n) is 3.33. The second-order valence-corrected chi connectivity index (χ2v) is 6.51. The van der Waals surface area contributed by atoms with Gasteiger partial charge in [0.15, 0.2) is 17.1 Å². The van der Waals surface area contributed by atoms with Crippen LogP contribution in [0.15, 0.2) is 22.6 Å². The maximum Gasteiger partial charge on any atom is 0.264 e. The first-order valence-corrected chi connectivity index (χ1v) is 8.71. The quantitative estimate of drug-likeness (QED) is 0.536. The molecule has 1 aromatic heterocycles. The van der Waals surface area contributed by atoms with E-state index in [1.54, 1.807) is 13.2 Å². The Balaban J connectivity index is 2.47. The minimum absolute atomic E-state index is 0.00216. The lowest BCUT2D eigenvalue weighted by molar-refractivity contribution is -0.117. The molecule has 0 bridgehead atoms. The Kier molecular flexibility index (Phi) is 5.64. The van der Waals surface area contributed by atoms with Crippen LogP contribution in [0.2, 0.25) is 0 Å². The molecule has 1 aromatic carbocycles. The van der Waals surface area contributed by atoms with Crippen molar-refractivity contribution in [2.45, 2.75) is 12.7 Å². The van der Waals surface area contributed by atoms with Gasteiger partial charge in [0.25, 0.3) is 10.1 Å². The Hall–Kier alpha value is -1.61. The molecule has 0 radical (unpaired) electrons. The van der Waals surface area contributed by atoms with Gasteiger partial charge in [-0.3, -0.25) is 4.18 Å². The molecule has 0 saturated heterocycles. The maximum absolute atomic E-state index is 11.1. The van der Waals surface area contributed by atoms with Crippen LogP contribution in [0, 0.1) is 0 Å². The summed E-state index contributed by atoms with van der Waals surface area (Å²) in [5, 5.41) is 0.801. The summed E-state index contributed by atoms with van der Waals surface area (Å²) in [5.74, 6) is 1.04. The predicted octanol–water partition coefficient (Wildman–Crippen LogP) is 2.25. The van der Waals surface area contributed by atoms with Gasteiger partial charge in [-0.2, -0.15) is 8.42 Å². The van der Waals surface area contributed by atoms with Gasteiger partial charge >= 0.3 is 0 Å². The highest BCUT2D eigenvalue weighted by atomic mass is 32.2. The van der Waals surface area contributed by atoms with Crippen molar-refractivity contribution in [1.29, 1.82) is 0 Å². The fourth-order valence-corrected chi connectivity index (χ4v) is 2.76. The van der Waals surface area contributed by atoms with Gasteiger partial charge in [0.05, 0.1) is 20.0 Å². The SMILES string of the molecule is COc1cccc2c(CCOS(C)(=O)=O)c(C(OC)OC)oc12. The first-order chi connectivity index (χ1) is 10.9. The summed E-state index contributed by atoms with van der Waals surface area (Å²) in [6, 6.07) is 5.47. The fourth-order valence-electron chi connectivity index (χ4n) is 2.38. The van der Waals surface area contributed by atoms with Crippen molar-refractivity contribution >= 4 is 21.1 Å². The number of ether oxygens (including phenoxy) is 3. The van der Waals surface area contributed by atoms with E-state index in [0.717, 1.165) is 17.2 Å². The number of hydrogen-bond donors (Lipinski definition) is 0. The molecule has 8 heteroatoms. The molecule has 0 amide bonds. The predicted molar refractivity (Wildman–Crippen MR) is 84.0 cm³/mol. The maximum atomic E-state index is 11.1. The van der Waals surface area contributed by atoms with Gasteiger partial charge in [-0.25, -0.2) is 0 Å². The number of rotatable bonds is 8. The van der Waals surface area contributed by atoms with Gasteiger partial charge in [-0.05, 0) is 6.07 Å². The van der Waals surface area contributed by atoms with Gasteiger partial charge in [-0.15, -0.1) is 0 Å². The minimum Gasteiger partial charge on any atom is -0.493 e.